The molecule has 4 heterocycles. The Kier molecular flexibility index (Phi) is 6.78. The summed E-state index contributed by atoms with van der Waals surface area (Å²) in [6.45, 7) is 8.03. The van der Waals surface area contributed by atoms with E-state index in [1.165, 1.54) is 0 Å². The summed E-state index contributed by atoms with van der Waals surface area (Å²) in [6.07, 6.45) is -0.514. The van der Waals surface area contributed by atoms with Gasteiger partial charge in [-0.3, -0.25) is 14.4 Å². The summed E-state index contributed by atoms with van der Waals surface area (Å²) in [6, 6.07) is 13.8. The fourth-order valence-corrected chi connectivity index (χ4v) is 7.01. The minimum Gasteiger partial charge on any atom is -0.391 e. The van der Waals surface area contributed by atoms with Crippen LogP contribution in [0.25, 0.3) is 10.4 Å². The second-order valence-corrected chi connectivity index (χ2v) is 12.4. The van der Waals surface area contributed by atoms with Crippen molar-refractivity contribution < 1.29 is 19.5 Å². The molecule has 3 aliphatic rings. The van der Waals surface area contributed by atoms with Crippen LogP contribution in [0.3, 0.4) is 0 Å². The highest BCUT2D eigenvalue weighted by atomic mass is 32.1. The molecule has 3 amide bonds. The Labute approximate surface area is 242 Å². The Hall–Kier alpha value is -3.89. The van der Waals surface area contributed by atoms with Crippen molar-refractivity contribution in [1.82, 2.24) is 20.1 Å². The Morgan fingerprint density at radius 2 is 1.88 bits per heavy atom. The van der Waals surface area contributed by atoms with Gasteiger partial charge < -0.3 is 20.2 Å². The van der Waals surface area contributed by atoms with Crippen LogP contribution in [0.1, 0.15) is 54.4 Å². The van der Waals surface area contributed by atoms with Gasteiger partial charge in [0.05, 0.1) is 28.2 Å². The lowest BCUT2D eigenvalue weighted by Crippen LogP contribution is -2.55. The van der Waals surface area contributed by atoms with Gasteiger partial charge in [0.15, 0.2) is 5.54 Å². The Bertz CT molecular complexity index is 1560. The van der Waals surface area contributed by atoms with Crippen LogP contribution in [0.15, 0.2) is 59.0 Å². The van der Waals surface area contributed by atoms with E-state index in [0.717, 1.165) is 27.3 Å². The highest BCUT2D eigenvalue weighted by Crippen LogP contribution is 2.36. The molecular formula is C31H33N5O4S. The number of likely N-dealkylation sites (tertiary alicyclic amines) is 1. The zero-order valence-corrected chi connectivity index (χ0v) is 24.3. The molecule has 0 aliphatic carbocycles. The van der Waals surface area contributed by atoms with Crippen molar-refractivity contribution in [3.63, 3.8) is 0 Å². The number of β-amino-alcohol motifs (C(OH)–C–C–N with tert-alkyl or cyclic N) is 1. The van der Waals surface area contributed by atoms with Gasteiger partial charge in [-0.1, -0.05) is 56.3 Å². The van der Waals surface area contributed by atoms with Crippen molar-refractivity contribution in [2.45, 2.75) is 64.4 Å². The minimum atomic E-state index is -1.18. The van der Waals surface area contributed by atoms with Crippen molar-refractivity contribution in [3.05, 3.63) is 76.4 Å². The first-order valence-electron chi connectivity index (χ1n) is 13.9. The molecule has 3 aromatic rings. The first kappa shape index (κ1) is 27.3. The van der Waals surface area contributed by atoms with Gasteiger partial charge in [-0.05, 0) is 42.5 Å². The van der Waals surface area contributed by atoms with Crippen LogP contribution in [0.2, 0.25) is 0 Å². The number of aliphatic hydroxyl groups excluding tert-OH is 1. The molecule has 1 aromatic heterocycles. The van der Waals surface area contributed by atoms with E-state index in [0.29, 0.717) is 17.9 Å². The second-order valence-electron chi connectivity index (χ2n) is 11.5. The van der Waals surface area contributed by atoms with Crippen LogP contribution >= 0.6 is 11.3 Å². The summed E-state index contributed by atoms with van der Waals surface area (Å²) in [7, 11) is 0. The maximum absolute atomic E-state index is 14.1. The Morgan fingerprint density at radius 3 is 2.54 bits per heavy atom. The number of aryl methyl sites for hydroxylation is 1. The van der Waals surface area contributed by atoms with Gasteiger partial charge in [0.1, 0.15) is 11.9 Å². The van der Waals surface area contributed by atoms with Crippen molar-refractivity contribution in [2.75, 3.05) is 6.54 Å². The molecule has 4 atom stereocenters. The summed E-state index contributed by atoms with van der Waals surface area (Å²) in [5.41, 5.74) is 4.85. The molecular weight excluding hydrogens is 538 g/mol. The number of amides is 3. The number of hydrogen-bond acceptors (Lipinski definition) is 7. The number of benzene rings is 2. The van der Waals surface area contributed by atoms with E-state index in [1.54, 1.807) is 34.1 Å². The monoisotopic (exact) mass is 571 g/mol. The molecule has 9 nitrogen and oxygen atoms in total. The molecule has 1 saturated heterocycles. The van der Waals surface area contributed by atoms with Crippen LogP contribution in [-0.4, -0.2) is 68.2 Å². The summed E-state index contributed by atoms with van der Waals surface area (Å²) < 4.78 is 0. The number of aliphatic imine (C=N–C) groups is 1. The number of rotatable bonds is 6. The zero-order valence-electron chi connectivity index (χ0n) is 23.5. The van der Waals surface area contributed by atoms with Gasteiger partial charge in [-0.2, -0.15) is 0 Å². The Morgan fingerprint density at radius 1 is 1.15 bits per heavy atom. The topological polar surface area (TPSA) is 115 Å². The number of carbonyl (C=O) groups is 3. The summed E-state index contributed by atoms with van der Waals surface area (Å²) >= 11 is 1.57. The molecule has 2 aromatic carbocycles. The minimum absolute atomic E-state index is 0.107. The van der Waals surface area contributed by atoms with E-state index in [4.69, 9.17) is 4.99 Å². The third-order valence-corrected chi connectivity index (χ3v) is 9.41. The third kappa shape index (κ3) is 4.55. The molecule has 0 saturated carbocycles. The lowest BCUT2D eigenvalue weighted by molar-refractivity contribution is -0.138. The lowest BCUT2D eigenvalue weighted by atomic mass is 9.91. The molecule has 0 bridgehead atoms. The lowest BCUT2D eigenvalue weighted by Gasteiger charge is -2.35. The molecule has 0 spiro atoms. The fourth-order valence-electron chi connectivity index (χ4n) is 6.20. The maximum atomic E-state index is 14.1. The van der Waals surface area contributed by atoms with Gasteiger partial charge in [-0.15, -0.1) is 11.3 Å². The summed E-state index contributed by atoms with van der Waals surface area (Å²) in [5.74, 6) is -0.500. The molecule has 2 N–H and O–H groups in total. The molecule has 3 aliphatic heterocycles. The van der Waals surface area contributed by atoms with Gasteiger partial charge in [0, 0.05) is 25.1 Å². The second kappa shape index (κ2) is 10.2. The summed E-state index contributed by atoms with van der Waals surface area (Å²) in [5, 5.41) is 13.6. The van der Waals surface area contributed by atoms with Crippen LogP contribution in [0.4, 0.5) is 0 Å². The van der Waals surface area contributed by atoms with Crippen molar-refractivity contribution in [3.8, 4) is 10.4 Å². The van der Waals surface area contributed by atoms with E-state index < -0.39 is 23.7 Å². The third-order valence-electron chi connectivity index (χ3n) is 8.43. The van der Waals surface area contributed by atoms with E-state index in [2.05, 4.69) is 10.3 Å². The predicted octanol–water partition coefficient (Wildman–Crippen LogP) is 3.50. The molecule has 1 unspecified atom stereocenters. The smallest absolute Gasteiger partial charge is 0.257 e. The number of hydrogen-bond donors (Lipinski definition) is 2. The standard InChI is InChI=1S/C31H33N5O4S/c1-17(2)25(36-14-20-7-5-6-8-23(20)28(36)38)29(39)35-15-22(37)13-24(35)27-33-30(40)31(4,34-27)21-11-9-19(10-12-21)26-18(3)32-16-41-26/h5-12,16-17,22,24-25,37H,13-15H2,1-4H3,(H,33,34,40)/t22-,24-,25?,31+/m1/s1. The number of aromatic nitrogens is 1. The van der Waals surface area contributed by atoms with Crippen LogP contribution in [-0.2, 0) is 21.7 Å². The first-order valence-corrected chi connectivity index (χ1v) is 14.8. The van der Waals surface area contributed by atoms with Crippen LogP contribution in [0, 0.1) is 12.8 Å². The maximum Gasteiger partial charge on any atom is 0.257 e. The first-order chi connectivity index (χ1) is 19.6. The number of nitrogens with one attached hydrogen (secondary N) is 1. The van der Waals surface area contributed by atoms with Gasteiger partial charge in [0.2, 0.25) is 5.91 Å². The fraction of sp³-hybridized carbons (Fsp3) is 0.387. The van der Waals surface area contributed by atoms with Crippen molar-refractivity contribution >= 4 is 34.9 Å². The van der Waals surface area contributed by atoms with Crippen molar-refractivity contribution in [2.24, 2.45) is 10.9 Å². The van der Waals surface area contributed by atoms with Crippen LogP contribution < -0.4 is 5.32 Å². The zero-order chi connectivity index (χ0) is 29.1. The SMILES string of the molecule is Cc1ncsc1-c1ccc([C@]2(C)N=C([C@H]3C[C@@H](O)CN3C(=O)C(C(C)C)N3Cc4ccccc4C3=O)NC2=O)cc1. The van der Waals surface area contributed by atoms with Crippen molar-refractivity contribution in [1.29, 1.82) is 0 Å². The number of amidine groups is 1. The van der Waals surface area contributed by atoms with Gasteiger partial charge in [0.25, 0.3) is 11.8 Å². The van der Waals surface area contributed by atoms with E-state index in [9.17, 15) is 19.5 Å². The molecule has 212 valence electrons. The largest absolute Gasteiger partial charge is 0.391 e. The average molecular weight is 572 g/mol. The average Bonchev–Trinajstić information content (AvgIpc) is 3.71. The number of carbonyl (C=O) groups excluding carboxylic acids is 3. The van der Waals surface area contributed by atoms with E-state index in [-0.39, 0.29) is 36.6 Å². The molecule has 1 fully saturated rings. The van der Waals surface area contributed by atoms with E-state index >= 15 is 0 Å². The molecule has 41 heavy (non-hydrogen) atoms. The molecule has 0 radical (unpaired) electrons. The number of thiazole rings is 1. The number of nitrogens with zero attached hydrogens (tertiary/aromatic N) is 4. The molecule has 6 rings (SSSR count). The normalized spacial score (nSPS) is 24.6. The molecule has 10 heteroatoms. The van der Waals surface area contributed by atoms with Gasteiger partial charge >= 0.3 is 0 Å². The Balaban J connectivity index is 1.27. The van der Waals surface area contributed by atoms with E-state index in [1.807, 2.05) is 68.7 Å². The number of fused-ring (bicyclic) bond motifs is 1. The quantitative estimate of drug-likeness (QED) is 0.470. The number of aliphatic hydroxyl groups is 1. The van der Waals surface area contributed by atoms with Gasteiger partial charge in [-0.25, -0.2) is 9.98 Å². The summed E-state index contributed by atoms with van der Waals surface area (Å²) in [4.78, 5) is 54.2. The predicted molar refractivity (Wildman–Crippen MR) is 156 cm³/mol. The highest BCUT2D eigenvalue weighted by Gasteiger charge is 2.49. The van der Waals surface area contributed by atoms with Crippen LogP contribution in [0.5, 0.6) is 0 Å². The highest BCUT2D eigenvalue weighted by molar-refractivity contribution is 7.13.